The number of anilines is 1. The monoisotopic (exact) mass is 291 g/mol. The molecule has 0 spiro atoms. The molecule has 0 saturated carbocycles. The average molecular weight is 292 g/mol. The van der Waals surface area contributed by atoms with E-state index in [9.17, 15) is 8.42 Å². The topological polar surface area (TPSA) is 69.4 Å². The van der Waals surface area contributed by atoms with Crippen LogP contribution in [0.1, 0.15) is 20.3 Å². The fourth-order valence-corrected chi connectivity index (χ4v) is 3.32. The highest BCUT2D eigenvalue weighted by molar-refractivity contribution is 7.91. The van der Waals surface area contributed by atoms with E-state index in [1.807, 2.05) is 13.8 Å². The van der Waals surface area contributed by atoms with Crippen LogP contribution in [-0.4, -0.2) is 26.9 Å². The molecule has 1 rings (SSSR count). The maximum absolute atomic E-state index is 12.2. The summed E-state index contributed by atoms with van der Waals surface area (Å²) in [4.78, 5) is 0.0851. The summed E-state index contributed by atoms with van der Waals surface area (Å²) in [6.07, 6.45) is 0.387. The molecule has 0 unspecified atom stereocenters. The van der Waals surface area contributed by atoms with Crippen molar-refractivity contribution in [1.29, 1.82) is 0 Å². The minimum absolute atomic E-state index is 0.0294. The summed E-state index contributed by atoms with van der Waals surface area (Å²) in [5.74, 6) is -0.0294. The van der Waals surface area contributed by atoms with Crippen LogP contribution in [0.2, 0.25) is 5.02 Å². The van der Waals surface area contributed by atoms with Gasteiger partial charge in [-0.25, -0.2) is 8.42 Å². The van der Waals surface area contributed by atoms with Crippen molar-refractivity contribution in [3.05, 3.63) is 23.2 Å². The molecule has 6 heteroatoms. The van der Waals surface area contributed by atoms with Crippen molar-refractivity contribution < 1.29 is 13.2 Å². The fraction of sp³-hybridized carbons (Fsp3) is 0.500. The lowest BCUT2D eigenvalue weighted by Crippen LogP contribution is -2.26. The first-order valence-corrected chi connectivity index (χ1v) is 7.54. The quantitative estimate of drug-likeness (QED) is 0.846. The van der Waals surface area contributed by atoms with E-state index in [0.29, 0.717) is 11.4 Å². The van der Waals surface area contributed by atoms with Gasteiger partial charge < -0.3 is 10.5 Å². The number of halogens is 1. The Labute approximate surface area is 113 Å². The summed E-state index contributed by atoms with van der Waals surface area (Å²) in [5.41, 5.74) is 5.41. The Hall–Kier alpha value is -0.780. The predicted octanol–water partition coefficient (Wildman–Crippen LogP) is 2.51. The van der Waals surface area contributed by atoms with E-state index in [0.717, 1.165) is 0 Å². The summed E-state index contributed by atoms with van der Waals surface area (Å²) in [7, 11) is -1.89. The minimum atomic E-state index is -3.45. The third-order valence-electron chi connectivity index (χ3n) is 2.84. The van der Waals surface area contributed by atoms with Crippen LogP contribution >= 0.6 is 11.6 Å². The lowest BCUT2D eigenvalue weighted by atomic mass is 10.1. The largest absolute Gasteiger partial charge is 0.398 e. The van der Waals surface area contributed by atoms with Crippen LogP contribution in [0.15, 0.2) is 23.1 Å². The van der Waals surface area contributed by atoms with Crippen LogP contribution in [0, 0.1) is 0 Å². The number of benzene rings is 1. The Kier molecular flexibility index (Phi) is 4.64. The highest BCUT2D eigenvalue weighted by Crippen LogP contribution is 2.25. The van der Waals surface area contributed by atoms with Crippen molar-refractivity contribution in [3.63, 3.8) is 0 Å². The molecule has 1 aromatic carbocycles. The number of sulfone groups is 1. The molecule has 102 valence electrons. The molecular weight excluding hydrogens is 274 g/mol. The van der Waals surface area contributed by atoms with Crippen LogP contribution in [0.25, 0.3) is 0 Å². The molecule has 0 aliphatic rings. The summed E-state index contributed by atoms with van der Waals surface area (Å²) < 4.78 is 29.5. The zero-order valence-electron chi connectivity index (χ0n) is 10.7. The van der Waals surface area contributed by atoms with Gasteiger partial charge in [-0.1, -0.05) is 11.6 Å². The van der Waals surface area contributed by atoms with E-state index in [2.05, 4.69) is 0 Å². The number of methoxy groups -OCH3 is 1. The maximum atomic E-state index is 12.2. The first kappa shape index (κ1) is 15.3. The van der Waals surface area contributed by atoms with Crippen LogP contribution in [0.4, 0.5) is 5.69 Å². The minimum Gasteiger partial charge on any atom is -0.398 e. The van der Waals surface area contributed by atoms with Gasteiger partial charge in [0.1, 0.15) is 0 Å². The third kappa shape index (κ3) is 3.86. The second kappa shape index (κ2) is 5.47. The first-order valence-electron chi connectivity index (χ1n) is 5.51. The normalized spacial score (nSPS) is 12.7. The van der Waals surface area contributed by atoms with Gasteiger partial charge in [0, 0.05) is 12.1 Å². The van der Waals surface area contributed by atoms with Crippen molar-refractivity contribution in [3.8, 4) is 0 Å². The van der Waals surface area contributed by atoms with Gasteiger partial charge in [0.15, 0.2) is 9.84 Å². The Morgan fingerprint density at radius 3 is 2.56 bits per heavy atom. The molecule has 0 heterocycles. The lowest BCUT2D eigenvalue weighted by molar-refractivity contribution is 0.0203. The van der Waals surface area contributed by atoms with Crippen LogP contribution in [0.5, 0.6) is 0 Å². The van der Waals surface area contributed by atoms with E-state index < -0.39 is 15.4 Å². The van der Waals surface area contributed by atoms with E-state index in [1.54, 1.807) is 13.2 Å². The van der Waals surface area contributed by atoms with E-state index >= 15 is 0 Å². The first-order chi connectivity index (χ1) is 8.18. The number of hydrogen-bond acceptors (Lipinski definition) is 4. The van der Waals surface area contributed by atoms with E-state index in [4.69, 9.17) is 22.1 Å². The number of ether oxygens (including phenoxy) is 1. The average Bonchev–Trinajstić information content (AvgIpc) is 2.30. The molecule has 4 nitrogen and oxygen atoms in total. The third-order valence-corrected chi connectivity index (χ3v) is 4.84. The van der Waals surface area contributed by atoms with Gasteiger partial charge in [-0.3, -0.25) is 0 Å². The summed E-state index contributed by atoms with van der Waals surface area (Å²) >= 11 is 5.80. The molecule has 0 bridgehead atoms. The Balaban J connectivity index is 2.97. The molecule has 0 aromatic heterocycles. The molecule has 1 aromatic rings. The van der Waals surface area contributed by atoms with Gasteiger partial charge in [0.05, 0.1) is 21.9 Å². The molecule has 0 aliphatic carbocycles. The molecule has 0 saturated heterocycles. The van der Waals surface area contributed by atoms with Crippen molar-refractivity contribution in [2.45, 2.75) is 30.8 Å². The van der Waals surface area contributed by atoms with Crippen LogP contribution in [-0.2, 0) is 14.6 Å². The van der Waals surface area contributed by atoms with Crippen LogP contribution < -0.4 is 5.73 Å². The number of nitrogen functional groups attached to an aromatic ring is 1. The number of hydrogen-bond donors (Lipinski definition) is 1. The predicted molar refractivity (Wildman–Crippen MR) is 73.6 cm³/mol. The molecule has 0 fully saturated rings. The number of nitrogens with two attached hydrogens (primary N) is 1. The van der Waals surface area contributed by atoms with Gasteiger partial charge in [0.25, 0.3) is 0 Å². The van der Waals surface area contributed by atoms with Gasteiger partial charge >= 0.3 is 0 Å². The molecule has 18 heavy (non-hydrogen) atoms. The lowest BCUT2D eigenvalue weighted by Gasteiger charge is -2.22. The number of rotatable bonds is 5. The second-order valence-electron chi connectivity index (χ2n) is 4.71. The van der Waals surface area contributed by atoms with E-state index in [1.165, 1.54) is 12.1 Å². The smallest absolute Gasteiger partial charge is 0.180 e. The zero-order chi connectivity index (χ0) is 14.0. The molecule has 0 aliphatic heterocycles. The summed E-state index contributed by atoms with van der Waals surface area (Å²) in [6, 6.07) is 4.44. The van der Waals surface area contributed by atoms with Crippen molar-refractivity contribution >= 4 is 27.1 Å². The Bertz CT molecular complexity index is 526. The second-order valence-corrected chi connectivity index (χ2v) is 7.23. The van der Waals surface area contributed by atoms with Gasteiger partial charge in [0.2, 0.25) is 0 Å². The maximum Gasteiger partial charge on any atom is 0.180 e. The molecule has 0 radical (unpaired) electrons. The molecule has 0 atom stereocenters. The molecule has 2 N–H and O–H groups in total. The summed E-state index contributed by atoms with van der Waals surface area (Å²) in [5, 5.41) is 0.355. The van der Waals surface area contributed by atoms with Gasteiger partial charge in [-0.05, 0) is 38.5 Å². The van der Waals surface area contributed by atoms with Crippen molar-refractivity contribution in [2.75, 3.05) is 18.6 Å². The Morgan fingerprint density at radius 2 is 2.00 bits per heavy atom. The fourth-order valence-electron chi connectivity index (χ4n) is 1.37. The Morgan fingerprint density at radius 1 is 1.39 bits per heavy atom. The zero-order valence-corrected chi connectivity index (χ0v) is 12.3. The standard InChI is InChI=1S/C12H18ClNO3S/c1-12(2,17-3)6-7-18(15,16)11-8-9(13)4-5-10(11)14/h4-5,8H,6-7,14H2,1-3H3. The summed E-state index contributed by atoms with van der Waals surface area (Å²) in [6.45, 7) is 3.67. The van der Waals surface area contributed by atoms with Crippen molar-refractivity contribution in [2.24, 2.45) is 0 Å². The van der Waals surface area contributed by atoms with E-state index in [-0.39, 0.29) is 16.3 Å². The van der Waals surface area contributed by atoms with Gasteiger partial charge in [-0.15, -0.1) is 0 Å². The highest BCUT2D eigenvalue weighted by Gasteiger charge is 2.24. The van der Waals surface area contributed by atoms with Crippen LogP contribution in [0.3, 0.4) is 0 Å². The molecule has 0 amide bonds. The van der Waals surface area contributed by atoms with Crippen molar-refractivity contribution in [1.82, 2.24) is 0 Å². The highest BCUT2D eigenvalue weighted by atomic mass is 35.5. The molecular formula is C12H18ClNO3S. The van der Waals surface area contributed by atoms with Gasteiger partial charge in [-0.2, -0.15) is 0 Å². The SMILES string of the molecule is COC(C)(C)CCS(=O)(=O)c1cc(Cl)ccc1N.